The maximum Gasteiger partial charge on any atom is 0.333 e. The molecule has 2 fully saturated rings. The average Bonchev–Trinajstić information content (AvgIpc) is 3.48. The Hall–Kier alpha value is -2.89. The van der Waals surface area contributed by atoms with E-state index < -0.39 is 6.10 Å². The second kappa shape index (κ2) is 8.33. The van der Waals surface area contributed by atoms with E-state index in [-0.39, 0.29) is 11.6 Å². The van der Waals surface area contributed by atoms with Crippen molar-refractivity contribution < 1.29 is 19.4 Å². The van der Waals surface area contributed by atoms with Crippen LogP contribution in [0.5, 0.6) is 0 Å². The van der Waals surface area contributed by atoms with Crippen molar-refractivity contribution in [2.24, 2.45) is 0 Å². The molecule has 11 nitrogen and oxygen atoms in total. The molecule has 164 valence electrons. The lowest BCUT2D eigenvalue weighted by Crippen LogP contribution is -2.56. The molecule has 2 aromatic rings. The Morgan fingerprint density at radius 1 is 1.23 bits per heavy atom. The summed E-state index contributed by atoms with van der Waals surface area (Å²) in [7, 11) is 0. The van der Waals surface area contributed by atoms with E-state index in [1.807, 2.05) is 6.07 Å². The number of rotatable bonds is 5. The number of β-amino-alcohol motifs (C(OH)–C–C–N with tert-alkyl or cyclic N) is 1. The summed E-state index contributed by atoms with van der Waals surface area (Å²) < 4.78 is 12.7. The van der Waals surface area contributed by atoms with Gasteiger partial charge in [-0.2, -0.15) is 4.68 Å². The molecule has 1 N–H and O–H groups in total. The number of tetrazole rings is 1. The Bertz CT molecular complexity index is 939. The minimum absolute atomic E-state index is 0.207. The molecular formula is C20H25N7O4. The monoisotopic (exact) mass is 427 g/mol. The molecule has 1 unspecified atom stereocenters. The van der Waals surface area contributed by atoms with Crippen molar-refractivity contribution >= 4 is 5.97 Å². The Balaban J connectivity index is 1.15. The molecular weight excluding hydrogens is 402 g/mol. The van der Waals surface area contributed by atoms with Crippen LogP contribution in [-0.2, 0) is 14.3 Å². The zero-order valence-corrected chi connectivity index (χ0v) is 17.1. The molecule has 31 heavy (non-hydrogen) atoms. The lowest BCUT2D eigenvalue weighted by Gasteiger charge is -2.48. The number of aliphatic hydroxyl groups excluding tert-OH is 1. The van der Waals surface area contributed by atoms with E-state index in [2.05, 4.69) is 30.3 Å². The van der Waals surface area contributed by atoms with Gasteiger partial charge in [-0.25, -0.2) is 9.78 Å². The van der Waals surface area contributed by atoms with Gasteiger partial charge in [-0.3, -0.25) is 0 Å². The van der Waals surface area contributed by atoms with Gasteiger partial charge in [-0.05, 0) is 29.3 Å². The third-order valence-electron chi connectivity index (χ3n) is 6.24. The average molecular weight is 427 g/mol. The highest BCUT2D eigenvalue weighted by molar-refractivity contribution is 5.85. The summed E-state index contributed by atoms with van der Waals surface area (Å²) in [4.78, 5) is 20.2. The van der Waals surface area contributed by atoms with Gasteiger partial charge in [0.25, 0.3) is 0 Å². The van der Waals surface area contributed by atoms with Crippen LogP contribution >= 0.6 is 0 Å². The van der Waals surface area contributed by atoms with Crippen molar-refractivity contribution in [3.8, 4) is 5.82 Å². The third kappa shape index (κ3) is 4.29. The Kier molecular flexibility index (Phi) is 5.38. The second-order valence-corrected chi connectivity index (χ2v) is 8.22. The number of piperidine rings is 1. The van der Waals surface area contributed by atoms with Crippen molar-refractivity contribution in [3.05, 3.63) is 42.0 Å². The molecule has 11 heteroatoms. The largest absolute Gasteiger partial charge is 0.456 e. The van der Waals surface area contributed by atoms with Crippen LogP contribution in [0.2, 0.25) is 0 Å². The number of pyridine rings is 1. The Morgan fingerprint density at radius 2 is 2.10 bits per heavy atom. The number of likely N-dealkylation sites (tertiary alicyclic amines) is 1. The number of carbonyl (C=O) groups excluding carboxylic acids is 1. The van der Waals surface area contributed by atoms with Gasteiger partial charge in [-0.15, -0.1) is 5.10 Å². The zero-order valence-electron chi connectivity index (χ0n) is 17.1. The number of nitrogens with zero attached hydrogens (tertiary/aromatic N) is 7. The molecule has 2 aromatic heterocycles. The van der Waals surface area contributed by atoms with Crippen molar-refractivity contribution in [1.82, 2.24) is 35.0 Å². The minimum Gasteiger partial charge on any atom is -0.456 e. The molecule has 3 aliphatic heterocycles. The van der Waals surface area contributed by atoms with Crippen LogP contribution in [0, 0.1) is 0 Å². The predicted molar refractivity (Wildman–Crippen MR) is 107 cm³/mol. The first-order chi connectivity index (χ1) is 15.1. The molecule has 0 amide bonds. The fourth-order valence-corrected chi connectivity index (χ4v) is 4.43. The third-order valence-corrected chi connectivity index (χ3v) is 6.24. The maximum atomic E-state index is 11.4. The van der Waals surface area contributed by atoms with Crippen molar-refractivity contribution in [1.29, 1.82) is 0 Å². The summed E-state index contributed by atoms with van der Waals surface area (Å²) in [5.41, 5.74) is 1.50. The number of morpholine rings is 1. The van der Waals surface area contributed by atoms with Gasteiger partial charge in [0.2, 0.25) is 0 Å². The highest BCUT2D eigenvalue weighted by atomic mass is 16.5. The van der Waals surface area contributed by atoms with Gasteiger partial charge in [0.1, 0.15) is 12.9 Å². The van der Waals surface area contributed by atoms with Gasteiger partial charge >= 0.3 is 5.97 Å². The van der Waals surface area contributed by atoms with E-state index in [0.29, 0.717) is 25.6 Å². The van der Waals surface area contributed by atoms with Crippen LogP contribution in [0.4, 0.5) is 0 Å². The molecule has 0 aromatic carbocycles. The molecule has 3 aliphatic rings. The molecule has 0 saturated carbocycles. The number of aromatic nitrogens is 5. The number of carbonyl (C=O) groups is 1. The van der Waals surface area contributed by atoms with Gasteiger partial charge in [0.15, 0.2) is 5.82 Å². The molecule has 5 heterocycles. The number of aliphatic hydroxyl groups is 1. The van der Waals surface area contributed by atoms with E-state index in [0.717, 1.165) is 50.3 Å². The molecule has 1 atom stereocenters. The number of cyclic esters (lactones) is 1. The van der Waals surface area contributed by atoms with Crippen molar-refractivity contribution in [3.63, 3.8) is 0 Å². The Labute approximate surface area is 179 Å². The quantitative estimate of drug-likeness (QED) is 0.637. The molecule has 0 radical (unpaired) electrons. The minimum atomic E-state index is -0.625. The SMILES string of the molecule is O=C1C=C(N2CCOC3(CCN(CC(O)c4ccc(-n5cnnn5)nc4)CC3)C2)CO1. The van der Waals surface area contributed by atoms with E-state index in [4.69, 9.17) is 9.47 Å². The summed E-state index contributed by atoms with van der Waals surface area (Å²) in [6.07, 6.45) is 5.87. The Morgan fingerprint density at radius 3 is 2.77 bits per heavy atom. The molecule has 5 rings (SSSR count). The van der Waals surface area contributed by atoms with E-state index in [1.54, 1.807) is 18.3 Å². The van der Waals surface area contributed by atoms with Crippen LogP contribution in [0.3, 0.4) is 0 Å². The summed E-state index contributed by atoms with van der Waals surface area (Å²) in [6.45, 7) is 4.78. The fourth-order valence-electron chi connectivity index (χ4n) is 4.43. The number of esters is 1. The van der Waals surface area contributed by atoms with Crippen molar-refractivity contribution in [2.45, 2.75) is 24.5 Å². The first-order valence-corrected chi connectivity index (χ1v) is 10.5. The van der Waals surface area contributed by atoms with E-state index in [9.17, 15) is 9.90 Å². The van der Waals surface area contributed by atoms with Gasteiger partial charge in [0.05, 0.1) is 24.0 Å². The summed E-state index contributed by atoms with van der Waals surface area (Å²) >= 11 is 0. The first kappa shape index (κ1) is 20.0. The second-order valence-electron chi connectivity index (χ2n) is 8.22. The maximum absolute atomic E-state index is 11.4. The highest BCUT2D eigenvalue weighted by Crippen LogP contribution is 2.32. The summed E-state index contributed by atoms with van der Waals surface area (Å²) in [5.74, 6) is 0.337. The normalized spacial score (nSPS) is 22.4. The topological polar surface area (TPSA) is 119 Å². The number of hydrogen-bond acceptors (Lipinski definition) is 10. The van der Waals surface area contributed by atoms with Crippen LogP contribution in [0.15, 0.2) is 36.4 Å². The molecule has 0 bridgehead atoms. The zero-order chi connectivity index (χ0) is 21.3. The van der Waals surface area contributed by atoms with Gasteiger partial charge in [0, 0.05) is 50.6 Å². The summed E-state index contributed by atoms with van der Waals surface area (Å²) in [6, 6.07) is 3.64. The van der Waals surface area contributed by atoms with Crippen LogP contribution in [-0.4, -0.2) is 97.6 Å². The van der Waals surface area contributed by atoms with Gasteiger partial charge in [-0.1, -0.05) is 6.07 Å². The van der Waals surface area contributed by atoms with Crippen molar-refractivity contribution in [2.75, 3.05) is 45.9 Å². The lowest BCUT2D eigenvalue weighted by molar-refractivity contribution is -0.136. The predicted octanol–water partition coefficient (Wildman–Crippen LogP) is -0.302. The van der Waals surface area contributed by atoms with Gasteiger partial charge < -0.3 is 24.4 Å². The highest BCUT2D eigenvalue weighted by Gasteiger charge is 2.41. The standard InChI is InChI=1S/C20H25N7O4/c28-17(15-1-2-18(21-10-15)27-14-22-23-24-27)11-25-5-3-20(4-6-25)13-26(7-8-31-20)16-9-19(29)30-12-16/h1-2,9-10,14,17,28H,3-8,11-13H2. The smallest absolute Gasteiger partial charge is 0.333 e. The van der Waals surface area contributed by atoms with E-state index >= 15 is 0 Å². The molecule has 1 spiro atoms. The molecule has 2 saturated heterocycles. The van der Waals surface area contributed by atoms with Crippen LogP contribution in [0.1, 0.15) is 24.5 Å². The summed E-state index contributed by atoms with van der Waals surface area (Å²) in [5, 5.41) is 21.7. The van der Waals surface area contributed by atoms with Crippen LogP contribution in [0.25, 0.3) is 5.82 Å². The fraction of sp³-hybridized carbons (Fsp3) is 0.550. The number of ether oxygens (including phenoxy) is 2. The first-order valence-electron chi connectivity index (χ1n) is 10.5. The van der Waals surface area contributed by atoms with E-state index in [1.165, 1.54) is 11.0 Å². The lowest BCUT2D eigenvalue weighted by atomic mass is 9.89. The van der Waals surface area contributed by atoms with Crippen LogP contribution < -0.4 is 0 Å². The molecule has 0 aliphatic carbocycles. The number of hydrogen-bond donors (Lipinski definition) is 1.